The van der Waals surface area contributed by atoms with E-state index < -0.39 is 22.6 Å². The highest BCUT2D eigenvalue weighted by Gasteiger charge is 2.34. The van der Waals surface area contributed by atoms with Crippen molar-refractivity contribution in [2.75, 3.05) is 0 Å². The van der Waals surface area contributed by atoms with Crippen molar-refractivity contribution in [3.8, 4) is 0 Å². The molecule has 1 aromatic heterocycles. The van der Waals surface area contributed by atoms with Crippen molar-refractivity contribution in [2.45, 2.75) is 29.9 Å². The predicted octanol–water partition coefficient (Wildman–Crippen LogP) is 2.45. The lowest BCUT2D eigenvalue weighted by Crippen LogP contribution is -2.27. The first-order valence-corrected chi connectivity index (χ1v) is 5.27. The summed E-state index contributed by atoms with van der Waals surface area (Å²) in [6.45, 7) is 2.73. The number of thioether (sulfide) groups is 1. The molecule has 1 aromatic rings. The fourth-order valence-electron chi connectivity index (χ4n) is 0.820. The van der Waals surface area contributed by atoms with Crippen LogP contribution in [0.5, 0.6) is 0 Å². The number of nitrogens with zero attached hydrogens (tertiary/aromatic N) is 2. The number of halogens is 3. The van der Waals surface area contributed by atoms with Crippen LogP contribution in [0.3, 0.4) is 0 Å². The van der Waals surface area contributed by atoms with Crippen molar-refractivity contribution >= 4 is 17.7 Å². The standard InChI is InChI=1S/C9H9F3N2O2S/c1-8(2,6(15)16)17-7-13-4-3-5(14-7)9(10,11)12/h3-4H,1-2H3,(H,15,16). The molecular formula is C9H9F3N2O2S. The van der Waals surface area contributed by atoms with Crippen molar-refractivity contribution in [3.05, 3.63) is 18.0 Å². The van der Waals surface area contributed by atoms with E-state index in [0.29, 0.717) is 11.8 Å². The normalized spacial score (nSPS) is 12.5. The summed E-state index contributed by atoms with van der Waals surface area (Å²) in [7, 11) is 0. The molecule has 4 nitrogen and oxygen atoms in total. The van der Waals surface area contributed by atoms with Gasteiger partial charge < -0.3 is 5.11 Å². The Morgan fingerprint density at radius 3 is 2.47 bits per heavy atom. The van der Waals surface area contributed by atoms with E-state index in [1.54, 1.807) is 0 Å². The number of alkyl halides is 3. The molecule has 0 aromatic carbocycles. The van der Waals surface area contributed by atoms with Crippen LogP contribution in [0.15, 0.2) is 17.4 Å². The van der Waals surface area contributed by atoms with Gasteiger partial charge >= 0.3 is 12.1 Å². The SMILES string of the molecule is CC(C)(Sc1nccc(C(F)(F)F)n1)C(=O)O. The number of carboxylic acid groups (broad SMARTS) is 1. The molecule has 0 aliphatic heterocycles. The topological polar surface area (TPSA) is 63.1 Å². The summed E-state index contributed by atoms with van der Waals surface area (Å²) >= 11 is 0.662. The van der Waals surface area contributed by atoms with Crippen molar-refractivity contribution in [1.29, 1.82) is 0 Å². The molecule has 0 atom stereocenters. The molecule has 8 heteroatoms. The van der Waals surface area contributed by atoms with Gasteiger partial charge in [0.2, 0.25) is 0 Å². The third kappa shape index (κ3) is 3.58. The van der Waals surface area contributed by atoms with Gasteiger partial charge in [0.05, 0.1) is 0 Å². The highest BCUT2D eigenvalue weighted by atomic mass is 32.2. The van der Waals surface area contributed by atoms with E-state index in [0.717, 1.165) is 12.3 Å². The Morgan fingerprint density at radius 2 is 2.00 bits per heavy atom. The summed E-state index contributed by atoms with van der Waals surface area (Å²) in [6.07, 6.45) is -3.61. The van der Waals surface area contributed by atoms with Gasteiger partial charge in [-0.1, -0.05) is 11.8 Å². The second-order valence-electron chi connectivity index (χ2n) is 3.64. The van der Waals surface area contributed by atoms with Crippen LogP contribution in [0, 0.1) is 0 Å². The Labute approximate surface area is 99.3 Å². The van der Waals surface area contributed by atoms with Gasteiger partial charge in [0, 0.05) is 6.20 Å². The van der Waals surface area contributed by atoms with Crippen molar-refractivity contribution in [3.63, 3.8) is 0 Å². The third-order valence-corrected chi connectivity index (χ3v) is 2.85. The van der Waals surface area contributed by atoms with E-state index >= 15 is 0 Å². The molecule has 94 valence electrons. The molecule has 0 unspecified atom stereocenters. The fourth-order valence-corrected chi connectivity index (χ4v) is 1.62. The highest BCUT2D eigenvalue weighted by molar-refractivity contribution is 8.01. The predicted molar refractivity (Wildman–Crippen MR) is 54.6 cm³/mol. The molecule has 0 aliphatic carbocycles. The third-order valence-electron chi connectivity index (χ3n) is 1.79. The maximum atomic E-state index is 12.3. The van der Waals surface area contributed by atoms with Crippen LogP contribution in [0.4, 0.5) is 13.2 Å². The van der Waals surface area contributed by atoms with E-state index in [4.69, 9.17) is 5.11 Å². The highest BCUT2D eigenvalue weighted by Crippen LogP contribution is 2.33. The Bertz CT molecular complexity index is 434. The van der Waals surface area contributed by atoms with E-state index in [2.05, 4.69) is 9.97 Å². The summed E-state index contributed by atoms with van der Waals surface area (Å²) in [6, 6.07) is 0.734. The summed E-state index contributed by atoms with van der Waals surface area (Å²) in [5.74, 6) is -1.15. The minimum absolute atomic E-state index is 0.216. The zero-order valence-corrected chi connectivity index (χ0v) is 9.76. The van der Waals surface area contributed by atoms with Crippen LogP contribution in [0.25, 0.3) is 0 Å². The summed E-state index contributed by atoms with van der Waals surface area (Å²) < 4.78 is 35.7. The first-order valence-electron chi connectivity index (χ1n) is 4.45. The molecule has 0 saturated carbocycles. The first kappa shape index (κ1) is 13.8. The van der Waals surface area contributed by atoms with Gasteiger partial charge in [-0.15, -0.1) is 0 Å². The quantitative estimate of drug-likeness (QED) is 0.672. The molecule has 0 amide bonds. The second-order valence-corrected chi connectivity index (χ2v) is 5.23. The van der Waals surface area contributed by atoms with E-state index in [1.807, 2.05) is 0 Å². The van der Waals surface area contributed by atoms with Gasteiger partial charge in [-0.3, -0.25) is 4.79 Å². The van der Waals surface area contributed by atoms with Gasteiger partial charge in [0.1, 0.15) is 10.4 Å². The van der Waals surface area contributed by atoms with Crippen LogP contribution < -0.4 is 0 Å². The largest absolute Gasteiger partial charge is 0.480 e. The summed E-state index contributed by atoms with van der Waals surface area (Å²) in [5, 5.41) is 8.62. The van der Waals surface area contributed by atoms with Crippen LogP contribution >= 0.6 is 11.8 Å². The molecule has 0 fully saturated rings. The van der Waals surface area contributed by atoms with Gasteiger partial charge in [-0.2, -0.15) is 13.2 Å². The molecule has 17 heavy (non-hydrogen) atoms. The van der Waals surface area contributed by atoms with Gasteiger partial charge in [-0.25, -0.2) is 9.97 Å². The van der Waals surface area contributed by atoms with Crippen LogP contribution in [-0.2, 0) is 11.0 Å². The Morgan fingerprint density at radius 1 is 1.41 bits per heavy atom. The molecule has 0 radical (unpaired) electrons. The number of aliphatic carboxylic acids is 1. The molecule has 0 bridgehead atoms. The van der Waals surface area contributed by atoms with E-state index in [9.17, 15) is 18.0 Å². The lowest BCUT2D eigenvalue weighted by Gasteiger charge is -2.17. The number of rotatable bonds is 3. The van der Waals surface area contributed by atoms with Crippen molar-refractivity contribution < 1.29 is 23.1 Å². The zero-order chi connectivity index (χ0) is 13.3. The summed E-state index contributed by atoms with van der Waals surface area (Å²) in [4.78, 5) is 17.7. The Kier molecular flexibility index (Phi) is 3.65. The van der Waals surface area contributed by atoms with Crippen LogP contribution in [0.1, 0.15) is 19.5 Å². The average Bonchev–Trinajstić information content (AvgIpc) is 2.15. The maximum Gasteiger partial charge on any atom is 0.433 e. The molecule has 1 N–H and O–H groups in total. The molecule has 0 aliphatic rings. The molecule has 1 rings (SSSR count). The molecular weight excluding hydrogens is 257 g/mol. The Balaban J connectivity index is 2.98. The molecule has 1 heterocycles. The first-order chi connectivity index (χ1) is 7.63. The number of carbonyl (C=O) groups is 1. The number of aromatic nitrogens is 2. The van der Waals surface area contributed by atoms with E-state index in [-0.39, 0.29) is 5.16 Å². The Hall–Kier alpha value is -1.31. The number of carboxylic acids is 1. The zero-order valence-electron chi connectivity index (χ0n) is 8.95. The van der Waals surface area contributed by atoms with Gasteiger partial charge in [0.25, 0.3) is 0 Å². The minimum Gasteiger partial charge on any atom is -0.480 e. The average molecular weight is 266 g/mol. The second kappa shape index (κ2) is 4.52. The fraction of sp³-hybridized carbons (Fsp3) is 0.444. The summed E-state index contributed by atoms with van der Waals surface area (Å²) in [5.41, 5.74) is -1.09. The van der Waals surface area contributed by atoms with Crippen LogP contribution in [-0.4, -0.2) is 25.8 Å². The monoisotopic (exact) mass is 266 g/mol. The number of hydrogen-bond acceptors (Lipinski definition) is 4. The van der Waals surface area contributed by atoms with Crippen molar-refractivity contribution in [1.82, 2.24) is 9.97 Å². The molecule has 0 saturated heterocycles. The minimum atomic E-state index is -4.56. The van der Waals surface area contributed by atoms with E-state index in [1.165, 1.54) is 13.8 Å². The lowest BCUT2D eigenvalue weighted by atomic mass is 10.2. The maximum absolute atomic E-state index is 12.3. The lowest BCUT2D eigenvalue weighted by molar-refractivity contribution is -0.141. The number of hydrogen-bond donors (Lipinski definition) is 1. The smallest absolute Gasteiger partial charge is 0.433 e. The van der Waals surface area contributed by atoms with Gasteiger partial charge in [-0.05, 0) is 19.9 Å². The van der Waals surface area contributed by atoms with Crippen molar-refractivity contribution in [2.24, 2.45) is 0 Å². The van der Waals surface area contributed by atoms with Crippen LogP contribution in [0.2, 0.25) is 0 Å². The van der Waals surface area contributed by atoms with Gasteiger partial charge in [0.15, 0.2) is 5.16 Å². The molecule has 0 spiro atoms.